The Morgan fingerprint density at radius 3 is 2.26 bits per heavy atom. The summed E-state index contributed by atoms with van der Waals surface area (Å²) in [5.74, 6) is -0.790. The molecule has 0 saturated heterocycles. The second-order valence-corrected chi connectivity index (χ2v) is 7.20. The van der Waals surface area contributed by atoms with Crippen LogP contribution < -0.4 is 5.32 Å². The molecule has 2 amide bonds. The highest BCUT2D eigenvalue weighted by molar-refractivity contribution is 6.04. The Bertz CT molecular complexity index is 827. The van der Waals surface area contributed by atoms with Gasteiger partial charge in [-0.1, -0.05) is 25.3 Å². The van der Waals surface area contributed by atoms with Gasteiger partial charge in [0.2, 0.25) is 0 Å². The van der Waals surface area contributed by atoms with Crippen molar-refractivity contribution < 1.29 is 14.0 Å². The molecule has 0 unspecified atom stereocenters. The number of carbonyl (C=O) groups excluding carboxylic acids is 2. The van der Waals surface area contributed by atoms with Gasteiger partial charge in [0, 0.05) is 29.9 Å². The van der Waals surface area contributed by atoms with Crippen LogP contribution in [-0.2, 0) is 0 Å². The van der Waals surface area contributed by atoms with Crippen LogP contribution in [0.1, 0.15) is 58.4 Å². The van der Waals surface area contributed by atoms with Crippen LogP contribution in [0.3, 0.4) is 0 Å². The predicted octanol–water partition coefficient (Wildman–Crippen LogP) is 4.79. The smallest absolute Gasteiger partial charge is 0.255 e. The molecule has 142 valence electrons. The summed E-state index contributed by atoms with van der Waals surface area (Å²) in [4.78, 5) is 26.8. The maximum absolute atomic E-state index is 13.6. The van der Waals surface area contributed by atoms with Gasteiger partial charge in [-0.3, -0.25) is 9.59 Å². The van der Waals surface area contributed by atoms with E-state index >= 15 is 0 Å². The molecule has 0 aromatic heterocycles. The molecule has 0 spiro atoms. The minimum absolute atomic E-state index is 0.000354. The molecule has 0 radical (unpaired) electrons. The molecule has 1 aliphatic rings. The first-order chi connectivity index (χ1) is 13.0. The highest BCUT2D eigenvalue weighted by atomic mass is 19.1. The first kappa shape index (κ1) is 19.1. The standard InChI is InChI=1S/C22H25FN2O2/c1-15-8-9-17(14-20(15)23)21(26)24-18-12-10-16(11-13-18)22(27)25(2)19-6-4-3-5-7-19/h8-14,19H,3-7H2,1-2H3,(H,24,26). The molecule has 0 aliphatic heterocycles. The van der Waals surface area contributed by atoms with Crippen LogP contribution in [0.2, 0.25) is 0 Å². The molecule has 1 saturated carbocycles. The zero-order valence-corrected chi connectivity index (χ0v) is 15.8. The number of rotatable bonds is 4. The lowest BCUT2D eigenvalue weighted by atomic mass is 9.94. The fraction of sp³-hybridized carbons (Fsp3) is 0.364. The maximum Gasteiger partial charge on any atom is 0.255 e. The van der Waals surface area contributed by atoms with Crippen molar-refractivity contribution in [3.8, 4) is 0 Å². The number of halogens is 1. The Kier molecular flexibility index (Phi) is 5.89. The lowest BCUT2D eigenvalue weighted by molar-refractivity contribution is 0.0696. The van der Waals surface area contributed by atoms with Crippen molar-refractivity contribution in [2.45, 2.75) is 45.1 Å². The zero-order valence-electron chi connectivity index (χ0n) is 15.8. The van der Waals surface area contributed by atoms with Crippen molar-refractivity contribution in [1.82, 2.24) is 4.90 Å². The summed E-state index contributed by atoms with van der Waals surface area (Å²) in [6.45, 7) is 1.65. The van der Waals surface area contributed by atoms with Crippen LogP contribution in [0.15, 0.2) is 42.5 Å². The van der Waals surface area contributed by atoms with E-state index < -0.39 is 5.82 Å². The monoisotopic (exact) mass is 368 g/mol. The number of amides is 2. The number of nitrogens with one attached hydrogen (secondary N) is 1. The highest BCUT2D eigenvalue weighted by Crippen LogP contribution is 2.23. The minimum atomic E-state index is -0.408. The highest BCUT2D eigenvalue weighted by Gasteiger charge is 2.22. The molecule has 1 aliphatic carbocycles. The number of hydrogen-bond acceptors (Lipinski definition) is 2. The minimum Gasteiger partial charge on any atom is -0.339 e. The molecule has 3 rings (SSSR count). The van der Waals surface area contributed by atoms with Gasteiger partial charge in [-0.05, 0) is 61.7 Å². The molecule has 0 atom stereocenters. The fourth-order valence-electron chi connectivity index (χ4n) is 3.47. The lowest BCUT2D eigenvalue weighted by Crippen LogP contribution is -2.38. The summed E-state index contributed by atoms with van der Waals surface area (Å²) < 4.78 is 13.6. The average Bonchev–Trinajstić information content (AvgIpc) is 2.70. The van der Waals surface area contributed by atoms with Crippen molar-refractivity contribution in [3.05, 3.63) is 65.0 Å². The van der Waals surface area contributed by atoms with E-state index in [0.717, 1.165) is 12.8 Å². The third kappa shape index (κ3) is 4.54. The van der Waals surface area contributed by atoms with Crippen molar-refractivity contribution in [2.75, 3.05) is 12.4 Å². The first-order valence-electron chi connectivity index (χ1n) is 9.40. The molecule has 2 aromatic carbocycles. The molecule has 1 N–H and O–H groups in total. The summed E-state index contributed by atoms with van der Waals surface area (Å²) in [5, 5.41) is 2.73. The van der Waals surface area contributed by atoms with Gasteiger partial charge in [-0.25, -0.2) is 4.39 Å². The molecule has 0 heterocycles. The number of hydrogen-bond donors (Lipinski definition) is 1. The number of anilines is 1. The van der Waals surface area contributed by atoms with E-state index in [1.54, 1.807) is 43.3 Å². The zero-order chi connectivity index (χ0) is 19.4. The largest absolute Gasteiger partial charge is 0.339 e. The fourth-order valence-corrected chi connectivity index (χ4v) is 3.47. The predicted molar refractivity (Wildman–Crippen MR) is 104 cm³/mol. The Labute approximate surface area is 159 Å². The van der Waals surface area contributed by atoms with Gasteiger partial charge in [0.05, 0.1) is 0 Å². The van der Waals surface area contributed by atoms with Gasteiger partial charge >= 0.3 is 0 Å². The molecular weight excluding hydrogens is 343 g/mol. The number of aryl methyl sites for hydroxylation is 1. The van der Waals surface area contributed by atoms with Crippen LogP contribution >= 0.6 is 0 Å². The van der Waals surface area contributed by atoms with E-state index in [1.807, 2.05) is 11.9 Å². The van der Waals surface area contributed by atoms with Crippen LogP contribution in [0, 0.1) is 12.7 Å². The Morgan fingerprint density at radius 1 is 1.00 bits per heavy atom. The lowest BCUT2D eigenvalue weighted by Gasteiger charge is -2.31. The van der Waals surface area contributed by atoms with Gasteiger partial charge in [0.15, 0.2) is 0 Å². The molecule has 2 aromatic rings. The maximum atomic E-state index is 13.6. The average molecular weight is 368 g/mol. The summed E-state index contributed by atoms with van der Waals surface area (Å²) >= 11 is 0. The third-order valence-electron chi connectivity index (χ3n) is 5.27. The van der Waals surface area contributed by atoms with E-state index in [2.05, 4.69) is 5.32 Å². The normalized spacial score (nSPS) is 14.6. The van der Waals surface area contributed by atoms with E-state index in [9.17, 15) is 14.0 Å². The SMILES string of the molecule is Cc1ccc(C(=O)Nc2ccc(C(=O)N(C)C3CCCCC3)cc2)cc1F. The Morgan fingerprint density at radius 2 is 1.63 bits per heavy atom. The second-order valence-electron chi connectivity index (χ2n) is 7.20. The quantitative estimate of drug-likeness (QED) is 0.843. The van der Waals surface area contributed by atoms with Gasteiger partial charge in [-0.2, -0.15) is 0 Å². The van der Waals surface area contributed by atoms with Crippen molar-refractivity contribution >= 4 is 17.5 Å². The Hall–Kier alpha value is -2.69. The molecular formula is C22H25FN2O2. The van der Waals surface area contributed by atoms with E-state index in [0.29, 0.717) is 22.9 Å². The summed E-state index contributed by atoms with van der Waals surface area (Å²) in [6.07, 6.45) is 5.71. The van der Waals surface area contributed by atoms with Crippen molar-refractivity contribution in [1.29, 1.82) is 0 Å². The number of benzene rings is 2. The molecule has 1 fully saturated rings. The topological polar surface area (TPSA) is 49.4 Å². The first-order valence-corrected chi connectivity index (χ1v) is 9.40. The van der Waals surface area contributed by atoms with Crippen molar-refractivity contribution in [2.24, 2.45) is 0 Å². The summed E-state index contributed by atoms with van der Waals surface area (Å²) in [7, 11) is 1.86. The molecule has 4 nitrogen and oxygen atoms in total. The van der Waals surface area contributed by atoms with E-state index in [-0.39, 0.29) is 17.4 Å². The van der Waals surface area contributed by atoms with Gasteiger partial charge < -0.3 is 10.2 Å². The van der Waals surface area contributed by atoms with E-state index in [1.165, 1.54) is 25.3 Å². The van der Waals surface area contributed by atoms with Crippen LogP contribution in [0.5, 0.6) is 0 Å². The summed E-state index contributed by atoms with van der Waals surface area (Å²) in [5.41, 5.74) is 1.92. The third-order valence-corrected chi connectivity index (χ3v) is 5.27. The van der Waals surface area contributed by atoms with Crippen LogP contribution in [-0.4, -0.2) is 29.8 Å². The van der Waals surface area contributed by atoms with Crippen LogP contribution in [0.25, 0.3) is 0 Å². The van der Waals surface area contributed by atoms with Crippen LogP contribution in [0.4, 0.5) is 10.1 Å². The van der Waals surface area contributed by atoms with Gasteiger partial charge in [-0.15, -0.1) is 0 Å². The van der Waals surface area contributed by atoms with Crippen molar-refractivity contribution in [3.63, 3.8) is 0 Å². The van der Waals surface area contributed by atoms with Gasteiger partial charge in [0.1, 0.15) is 5.82 Å². The Balaban J connectivity index is 1.64. The van der Waals surface area contributed by atoms with E-state index in [4.69, 9.17) is 0 Å². The number of carbonyl (C=O) groups is 2. The summed E-state index contributed by atoms with van der Waals surface area (Å²) in [6, 6.07) is 11.5. The molecule has 5 heteroatoms. The number of nitrogens with zero attached hydrogens (tertiary/aromatic N) is 1. The van der Waals surface area contributed by atoms with Gasteiger partial charge in [0.25, 0.3) is 11.8 Å². The second kappa shape index (κ2) is 8.33. The molecule has 27 heavy (non-hydrogen) atoms. The molecule has 0 bridgehead atoms.